The molecule has 0 aromatic rings. The minimum Gasteiger partial charge on any atom is -0.0614 e. The van der Waals surface area contributed by atoms with Crippen LogP contribution >= 0.6 is 0 Å². The number of hydrogen-bond acceptors (Lipinski definition) is 0. The normalized spacial score (nSPS) is 10.5. The van der Waals surface area contributed by atoms with Crippen LogP contribution in [0.25, 0.3) is 11.1 Å². The average molecular weight is 156 g/mol. The molecule has 0 aromatic carbocycles. The van der Waals surface area contributed by atoms with Gasteiger partial charge in [-0.3, -0.25) is 0 Å². The van der Waals surface area contributed by atoms with Gasteiger partial charge in [-0.2, -0.15) is 0 Å². The fourth-order valence-electron chi connectivity index (χ4n) is 1.55. The highest BCUT2D eigenvalue weighted by Crippen LogP contribution is 2.26. The Labute approximate surface area is 73.2 Å². The largest absolute Gasteiger partial charge is 0.0614 e. The van der Waals surface area contributed by atoms with Crippen LogP contribution in [0, 0.1) is 13.8 Å². The Balaban J connectivity index is 2.81. The zero-order valence-corrected chi connectivity index (χ0v) is 7.46. The lowest BCUT2D eigenvalue weighted by Crippen LogP contribution is -1.77. The van der Waals surface area contributed by atoms with Gasteiger partial charge in [-0.15, -0.1) is 0 Å². The van der Waals surface area contributed by atoms with Crippen molar-refractivity contribution in [2.75, 3.05) is 0 Å². The number of fused-ring (bicyclic) bond motifs is 1. The van der Waals surface area contributed by atoms with Crippen molar-refractivity contribution in [1.82, 2.24) is 0 Å². The van der Waals surface area contributed by atoms with E-state index in [1.165, 1.54) is 22.3 Å². The molecule has 0 aliphatic heterocycles. The van der Waals surface area contributed by atoms with Crippen LogP contribution in [0.15, 0.2) is 36.4 Å². The lowest BCUT2D eigenvalue weighted by atomic mass is 10.1. The van der Waals surface area contributed by atoms with E-state index < -0.39 is 0 Å². The summed E-state index contributed by atoms with van der Waals surface area (Å²) >= 11 is 0. The van der Waals surface area contributed by atoms with Crippen LogP contribution in [0.5, 0.6) is 0 Å². The molecule has 0 saturated carbocycles. The van der Waals surface area contributed by atoms with E-state index in [0.717, 1.165) is 0 Å². The Morgan fingerprint density at radius 1 is 0.833 bits per heavy atom. The van der Waals surface area contributed by atoms with Gasteiger partial charge in [0.2, 0.25) is 0 Å². The molecule has 0 unspecified atom stereocenters. The van der Waals surface area contributed by atoms with Crippen LogP contribution in [0.3, 0.4) is 0 Å². The molecule has 2 aliphatic rings. The zero-order valence-electron chi connectivity index (χ0n) is 7.46. The lowest BCUT2D eigenvalue weighted by molar-refractivity contribution is 1.38. The second kappa shape index (κ2) is 2.63. The van der Waals surface area contributed by atoms with Crippen LogP contribution in [0.4, 0.5) is 0 Å². The highest BCUT2D eigenvalue weighted by Gasteiger charge is 2.03. The molecule has 0 bridgehead atoms. The van der Waals surface area contributed by atoms with Gasteiger partial charge in [0.25, 0.3) is 0 Å². The molecule has 0 fully saturated rings. The van der Waals surface area contributed by atoms with Crippen molar-refractivity contribution in [3.8, 4) is 11.1 Å². The molecule has 0 amide bonds. The fourth-order valence-corrected chi connectivity index (χ4v) is 1.55. The average Bonchev–Trinajstić information content (AvgIpc) is 2.46. The minimum atomic E-state index is 1.33. The van der Waals surface area contributed by atoms with E-state index in [9.17, 15) is 0 Å². The topological polar surface area (TPSA) is 0 Å². The quantitative estimate of drug-likeness (QED) is 0.548. The van der Waals surface area contributed by atoms with E-state index in [1.807, 2.05) is 0 Å². The zero-order chi connectivity index (χ0) is 8.55. The SMILES string of the molecule is Cc1cccc2cccc-2c1C. The molecule has 0 heterocycles. The summed E-state index contributed by atoms with van der Waals surface area (Å²) in [6.45, 7) is 4.33. The molecule has 0 spiro atoms. The first-order valence-electron chi connectivity index (χ1n) is 4.24. The maximum absolute atomic E-state index is 2.18. The minimum absolute atomic E-state index is 1.33. The molecule has 0 N–H and O–H groups in total. The molecule has 0 radical (unpaired) electrons. The van der Waals surface area contributed by atoms with Gasteiger partial charge in [-0.05, 0) is 36.1 Å². The summed E-state index contributed by atoms with van der Waals surface area (Å²) in [6, 6.07) is 12.9. The molecule has 0 nitrogen and oxygen atoms in total. The Morgan fingerprint density at radius 2 is 1.50 bits per heavy atom. The predicted octanol–water partition coefficient (Wildman–Crippen LogP) is 3.41. The van der Waals surface area contributed by atoms with Gasteiger partial charge in [0, 0.05) is 0 Å². The Bertz CT molecular complexity index is 374. The summed E-state index contributed by atoms with van der Waals surface area (Å²) in [4.78, 5) is 0. The van der Waals surface area contributed by atoms with Crippen LogP contribution in [-0.4, -0.2) is 0 Å². The van der Waals surface area contributed by atoms with Gasteiger partial charge in [0.1, 0.15) is 0 Å². The van der Waals surface area contributed by atoms with Gasteiger partial charge in [0.15, 0.2) is 0 Å². The lowest BCUT2D eigenvalue weighted by Gasteiger charge is -1.98. The highest BCUT2D eigenvalue weighted by atomic mass is 14.1. The number of hydrogen-bond donors (Lipinski definition) is 0. The third kappa shape index (κ3) is 1.00. The number of aryl methyl sites for hydroxylation is 1. The molecule has 12 heavy (non-hydrogen) atoms. The van der Waals surface area contributed by atoms with Crippen molar-refractivity contribution in [3.05, 3.63) is 47.5 Å². The third-order valence-corrected chi connectivity index (χ3v) is 2.47. The van der Waals surface area contributed by atoms with Gasteiger partial charge >= 0.3 is 0 Å². The predicted molar refractivity (Wildman–Crippen MR) is 52.5 cm³/mol. The molecule has 2 aliphatic carbocycles. The first kappa shape index (κ1) is 7.35. The van der Waals surface area contributed by atoms with Crippen molar-refractivity contribution in [3.63, 3.8) is 0 Å². The summed E-state index contributed by atoms with van der Waals surface area (Å²) in [6.07, 6.45) is 0. The second-order valence-electron chi connectivity index (χ2n) is 3.23. The summed E-state index contributed by atoms with van der Waals surface area (Å²) in [5, 5.41) is 0. The summed E-state index contributed by atoms with van der Waals surface area (Å²) < 4.78 is 0. The summed E-state index contributed by atoms with van der Waals surface area (Å²) in [5.74, 6) is 0. The van der Waals surface area contributed by atoms with Crippen molar-refractivity contribution in [2.24, 2.45) is 0 Å². The first-order chi connectivity index (χ1) is 5.79. The van der Waals surface area contributed by atoms with Gasteiger partial charge in [-0.25, -0.2) is 0 Å². The fraction of sp³-hybridized carbons (Fsp3) is 0.167. The van der Waals surface area contributed by atoms with E-state index in [4.69, 9.17) is 0 Å². The smallest absolute Gasteiger partial charge is 0.0152 e. The molecule has 0 aromatic heterocycles. The molecular weight excluding hydrogens is 144 g/mol. The molecule has 0 heteroatoms. The van der Waals surface area contributed by atoms with Crippen LogP contribution in [-0.2, 0) is 0 Å². The van der Waals surface area contributed by atoms with Crippen molar-refractivity contribution in [2.45, 2.75) is 13.8 Å². The Hall–Kier alpha value is -1.30. The van der Waals surface area contributed by atoms with E-state index in [1.54, 1.807) is 0 Å². The van der Waals surface area contributed by atoms with Crippen LogP contribution < -0.4 is 0 Å². The monoisotopic (exact) mass is 156 g/mol. The standard InChI is InChI=1S/C12H12/c1-9-5-3-6-11-7-4-8-12(11)10(9)2/h3-8H,1-2H3. The van der Waals surface area contributed by atoms with Crippen LogP contribution in [0.2, 0.25) is 0 Å². The molecule has 0 saturated heterocycles. The van der Waals surface area contributed by atoms with E-state index in [2.05, 4.69) is 50.2 Å². The van der Waals surface area contributed by atoms with Crippen LogP contribution in [0.1, 0.15) is 11.1 Å². The van der Waals surface area contributed by atoms with Gasteiger partial charge in [-0.1, -0.05) is 36.4 Å². The summed E-state index contributed by atoms with van der Waals surface area (Å²) in [7, 11) is 0. The van der Waals surface area contributed by atoms with Crippen molar-refractivity contribution in [1.29, 1.82) is 0 Å². The highest BCUT2D eigenvalue weighted by molar-refractivity contribution is 5.70. The maximum Gasteiger partial charge on any atom is -0.0152 e. The van der Waals surface area contributed by atoms with Crippen molar-refractivity contribution < 1.29 is 0 Å². The van der Waals surface area contributed by atoms with E-state index >= 15 is 0 Å². The first-order valence-corrected chi connectivity index (χ1v) is 4.24. The third-order valence-electron chi connectivity index (χ3n) is 2.47. The van der Waals surface area contributed by atoms with E-state index in [0.29, 0.717) is 0 Å². The van der Waals surface area contributed by atoms with Gasteiger partial charge < -0.3 is 0 Å². The molecule has 2 rings (SSSR count). The second-order valence-corrected chi connectivity index (χ2v) is 3.23. The molecule has 60 valence electrons. The number of rotatable bonds is 0. The van der Waals surface area contributed by atoms with E-state index in [-0.39, 0.29) is 0 Å². The van der Waals surface area contributed by atoms with Crippen molar-refractivity contribution >= 4 is 0 Å². The van der Waals surface area contributed by atoms with Gasteiger partial charge in [0.05, 0.1) is 0 Å². The maximum atomic E-state index is 2.18. The Morgan fingerprint density at radius 3 is 2.25 bits per heavy atom. The Kier molecular flexibility index (Phi) is 1.61. The molecular formula is C12H12. The molecule has 0 atom stereocenters. The summed E-state index contributed by atoms with van der Waals surface area (Å²) in [5.41, 5.74) is 5.45.